The van der Waals surface area contributed by atoms with Gasteiger partial charge in [0.25, 0.3) is 0 Å². The van der Waals surface area contributed by atoms with E-state index in [1.807, 2.05) is 0 Å². The van der Waals surface area contributed by atoms with Gasteiger partial charge in [0.15, 0.2) is 0 Å². The Morgan fingerprint density at radius 3 is 1.88 bits per heavy atom. The first kappa shape index (κ1) is 23.5. The van der Waals surface area contributed by atoms with E-state index in [1.165, 1.54) is 54.5 Å². The molecule has 41 heavy (non-hydrogen) atoms. The molecular formula is C39H28N2. The second kappa shape index (κ2) is 9.39. The number of aromatic nitrogens is 1. The second-order valence-electron chi connectivity index (χ2n) is 10.7. The minimum Gasteiger partial charge on any atom is -0.344 e. The van der Waals surface area contributed by atoms with Crippen molar-refractivity contribution < 1.29 is 0 Å². The van der Waals surface area contributed by atoms with Gasteiger partial charge in [-0.05, 0) is 81.2 Å². The number of rotatable bonds is 4. The summed E-state index contributed by atoms with van der Waals surface area (Å²) in [6.07, 6.45) is 0. The van der Waals surface area contributed by atoms with Gasteiger partial charge in [-0.25, -0.2) is 0 Å². The summed E-state index contributed by atoms with van der Waals surface area (Å²) in [5.74, 6) is 0. The molecule has 1 heterocycles. The van der Waals surface area contributed by atoms with Crippen LogP contribution in [0.3, 0.4) is 0 Å². The van der Waals surface area contributed by atoms with E-state index >= 15 is 0 Å². The first-order valence-corrected chi connectivity index (χ1v) is 14.1. The highest BCUT2D eigenvalue weighted by Gasteiger charge is 2.15. The fourth-order valence-corrected chi connectivity index (χ4v) is 6.30. The Morgan fingerprint density at radius 2 is 1.05 bits per heavy atom. The molecule has 8 aromatic rings. The van der Waals surface area contributed by atoms with E-state index in [0.29, 0.717) is 0 Å². The molecule has 0 fully saturated rings. The number of aryl methyl sites for hydroxylation is 1. The normalized spacial score (nSPS) is 11.5. The van der Waals surface area contributed by atoms with Crippen molar-refractivity contribution in [2.24, 2.45) is 7.05 Å². The average Bonchev–Trinajstić information content (AvgIpc) is 3.33. The summed E-state index contributed by atoms with van der Waals surface area (Å²) in [7, 11) is 2.17. The highest BCUT2D eigenvalue weighted by atomic mass is 15.1. The zero-order valence-electron chi connectivity index (χ0n) is 22.8. The van der Waals surface area contributed by atoms with Crippen molar-refractivity contribution in [3.63, 3.8) is 0 Å². The summed E-state index contributed by atoms with van der Waals surface area (Å²) in [5.41, 5.74) is 8.35. The zero-order chi connectivity index (χ0) is 27.3. The van der Waals surface area contributed by atoms with E-state index in [-0.39, 0.29) is 0 Å². The molecule has 0 amide bonds. The highest BCUT2D eigenvalue weighted by Crippen LogP contribution is 2.39. The van der Waals surface area contributed by atoms with Gasteiger partial charge in [0.1, 0.15) is 0 Å². The largest absolute Gasteiger partial charge is 0.344 e. The molecule has 0 bridgehead atoms. The molecule has 0 unspecified atom stereocenters. The Balaban J connectivity index is 1.22. The van der Waals surface area contributed by atoms with Crippen LogP contribution in [0.25, 0.3) is 54.5 Å². The molecule has 8 rings (SSSR count). The van der Waals surface area contributed by atoms with Crippen LogP contribution >= 0.6 is 0 Å². The van der Waals surface area contributed by atoms with Crippen LogP contribution in [0.5, 0.6) is 0 Å². The predicted molar refractivity (Wildman–Crippen MR) is 176 cm³/mol. The van der Waals surface area contributed by atoms with E-state index in [4.69, 9.17) is 0 Å². The number of hydrogen-bond donors (Lipinski definition) is 0. The van der Waals surface area contributed by atoms with E-state index < -0.39 is 0 Å². The quantitative estimate of drug-likeness (QED) is 0.222. The third-order valence-electron chi connectivity index (χ3n) is 8.36. The van der Waals surface area contributed by atoms with Crippen LogP contribution < -0.4 is 4.90 Å². The van der Waals surface area contributed by atoms with Gasteiger partial charge in [0.2, 0.25) is 0 Å². The predicted octanol–water partition coefficient (Wildman–Crippen LogP) is 10.8. The minimum atomic E-state index is 1.13. The lowest BCUT2D eigenvalue weighted by molar-refractivity contribution is 1.01. The Morgan fingerprint density at radius 1 is 0.415 bits per heavy atom. The molecule has 194 valence electrons. The lowest BCUT2D eigenvalue weighted by atomic mass is 10.0. The molecule has 7 aromatic carbocycles. The summed E-state index contributed by atoms with van der Waals surface area (Å²) in [5, 5.41) is 7.70. The maximum absolute atomic E-state index is 2.33. The standard InChI is InChI=1S/C39H28N2/c1-40-37-24-19-29-10-7-8-14-35(29)39(37)36-23-18-31(26-38(36)40)28-15-20-33(21-16-28)41(32-12-3-2-4-13-32)34-22-17-27-9-5-6-11-30(27)25-34/h2-26H,1H3. The van der Waals surface area contributed by atoms with Gasteiger partial charge in [-0.3, -0.25) is 0 Å². The van der Waals surface area contributed by atoms with Gasteiger partial charge in [-0.2, -0.15) is 0 Å². The van der Waals surface area contributed by atoms with Crippen molar-refractivity contribution in [2.45, 2.75) is 0 Å². The number of para-hydroxylation sites is 1. The van der Waals surface area contributed by atoms with Crippen LogP contribution in [0.15, 0.2) is 152 Å². The third-order valence-corrected chi connectivity index (χ3v) is 8.36. The molecule has 0 aliphatic carbocycles. The molecule has 0 aliphatic heterocycles. The van der Waals surface area contributed by atoms with Crippen molar-refractivity contribution in [3.8, 4) is 11.1 Å². The molecule has 0 spiro atoms. The van der Waals surface area contributed by atoms with Gasteiger partial charge < -0.3 is 9.47 Å². The zero-order valence-corrected chi connectivity index (χ0v) is 22.8. The Labute approximate surface area is 239 Å². The van der Waals surface area contributed by atoms with Crippen molar-refractivity contribution in [3.05, 3.63) is 152 Å². The minimum absolute atomic E-state index is 1.13. The smallest absolute Gasteiger partial charge is 0.0495 e. The van der Waals surface area contributed by atoms with Crippen molar-refractivity contribution in [1.82, 2.24) is 4.57 Å². The van der Waals surface area contributed by atoms with E-state index in [0.717, 1.165) is 17.1 Å². The summed E-state index contributed by atoms with van der Waals surface area (Å²) >= 11 is 0. The van der Waals surface area contributed by atoms with Crippen LogP contribution in [0.2, 0.25) is 0 Å². The van der Waals surface area contributed by atoms with Gasteiger partial charge >= 0.3 is 0 Å². The summed E-state index contributed by atoms with van der Waals surface area (Å²) in [6.45, 7) is 0. The second-order valence-corrected chi connectivity index (χ2v) is 10.7. The molecule has 0 saturated heterocycles. The number of fused-ring (bicyclic) bond motifs is 6. The monoisotopic (exact) mass is 524 g/mol. The van der Waals surface area contributed by atoms with Crippen LogP contribution in [-0.4, -0.2) is 4.57 Å². The van der Waals surface area contributed by atoms with Crippen LogP contribution in [-0.2, 0) is 7.05 Å². The van der Waals surface area contributed by atoms with Crippen molar-refractivity contribution >= 4 is 60.4 Å². The lowest BCUT2D eigenvalue weighted by Gasteiger charge is -2.26. The van der Waals surface area contributed by atoms with Crippen LogP contribution in [0, 0.1) is 0 Å². The van der Waals surface area contributed by atoms with E-state index in [2.05, 4.69) is 168 Å². The molecule has 0 aliphatic rings. The topological polar surface area (TPSA) is 8.17 Å². The fourth-order valence-electron chi connectivity index (χ4n) is 6.30. The van der Waals surface area contributed by atoms with Crippen molar-refractivity contribution in [1.29, 1.82) is 0 Å². The average molecular weight is 525 g/mol. The third kappa shape index (κ3) is 3.88. The molecule has 0 atom stereocenters. The summed E-state index contributed by atoms with van der Waals surface area (Å²) in [6, 6.07) is 54.8. The summed E-state index contributed by atoms with van der Waals surface area (Å²) in [4.78, 5) is 2.33. The molecule has 0 radical (unpaired) electrons. The molecule has 2 nitrogen and oxygen atoms in total. The Bertz CT molecular complexity index is 2210. The molecule has 0 saturated carbocycles. The van der Waals surface area contributed by atoms with Crippen LogP contribution in [0.4, 0.5) is 17.1 Å². The number of hydrogen-bond acceptors (Lipinski definition) is 1. The number of nitrogens with zero attached hydrogens (tertiary/aromatic N) is 2. The highest BCUT2D eigenvalue weighted by molar-refractivity contribution is 6.21. The first-order valence-electron chi connectivity index (χ1n) is 14.1. The number of anilines is 3. The molecule has 2 heteroatoms. The maximum atomic E-state index is 2.33. The van der Waals surface area contributed by atoms with Crippen molar-refractivity contribution in [2.75, 3.05) is 4.90 Å². The Kier molecular flexibility index (Phi) is 5.39. The molecule has 1 aromatic heterocycles. The summed E-state index contributed by atoms with van der Waals surface area (Å²) < 4.78 is 2.33. The van der Waals surface area contributed by atoms with E-state index in [1.54, 1.807) is 0 Å². The van der Waals surface area contributed by atoms with Gasteiger partial charge in [-0.15, -0.1) is 0 Å². The van der Waals surface area contributed by atoms with Gasteiger partial charge in [-0.1, -0.05) is 103 Å². The molecular weight excluding hydrogens is 496 g/mol. The SMILES string of the molecule is Cn1c2cc(-c3ccc(N(c4ccccc4)c4ccc5ccccc5c4)cc3)ccc2c2c3ccccc3ccc21. The van der Waals surface area contributed by atoms with Gasteiger partial charge in [0, 0.05) is 45.9 Å². The fraction of sp³-hybridized carbons (Fsp3) is 0.0256. The molecule has 0 N–H and O–H groups in total. The van der Waals surface area contributed by atoms with E-state index in [9.17, 15) is 0 Å². The first-order chi connectivity index (χ1) is 20.2. The van der Waals surface area contributed by atoms with Crippen LogP contribution in [0.1, 0.15) is 0 Å². The lowest BCUT2D eigenvalue weighted by Crippen LogP contribution is -2.09. The Hall–Kier alpha value is -5.34. The maximum Gasteiger partial charge on any atom is 0.0495 e. The number of benzene rings is 7. The van der Waals surface area contributed by atoms with Gasteiger partial charge in [0.05, 0.1) is 0 Å².